The number of aryl methyl sites for hydroxylation is 2. The number of amides is 2. The molecule has 9 heteroatoms. The Bertz CT molecular complexity index is 1740. The van der Waals surface area contributed by atoms with Crippen molar-refractivity contribution in [1.82, 2.24) is 10.2 Å². The summed E-state index contributed by atoms with van der Waals surface area (Å²) in [5.41, 5.74) is 3.84. The second-order valence-electron chi connectivity index (χ2n) is 12.0. The minimum Gasteiger partial charge on any atom is -0.352 e. The van der Waals surface area contributed by atoms with Gasteiger partial charge in [-0.15, -0.1) is 0 Å². The number of benzene rings is 4. The van der Waals surface area contributed by atoms with Crippen LogP contribution in [0, 0.1) is 13.8 Å². The number of nitrogens with one attached hydrogen (secondary N) is 1. The average molecular weight is 658 g/mol. The van der Waals surface area contributed by atoms with Crippen LogP contribution < -0.4 is 9.62 Å². The van der Waals surface area contributed by atoms with E-state index in [-0.39, 0.29) is 35.5 Å². The highest BCUT2D eigenvalue weighted by Gasteiger charge is 2.35. The van der Waals surface area contributed by atoms with E-state index < -0.39 is 28.5 Å². The molecule has 5 rings (SSSR count). The Balaban J connectivity index is 1.57. The van der Waals surface area contributed by atoms with Crippen molar-refractivity contribution in [3.05, 3.63) is 130 Å². The molecule has 240 valence electrons. The number of halogens is 1. The van der Waals surface area contributed by atoms with E-state index in [1.165, 1.54) is 17.0 Å². The summed E-state index contributed by atoms with van der Waals surface area (Å²) in [5.74, 6) is -0.744. The minimum atomic E-state index is -4.19. The maximum Gasteiger partial charge on any atom is 0.264 e. The number of hydrogen-bond donors (Lipinski definition) is 1. The van der Waals surface area contributed by atoms with Gasteiger partial charge >= 0.3 is 0 Å². The molecule has 1 atom stereocenters. The second-order valence-corrected chi connectivity index (χ2v) is 14.2. The summed E-state index contributed by atoms with van der Waals surface area (Å²) in [6, 6.07) is 29.5. The molecule has 1 fully saturated rings. The number of rotatable bonds is 12. The molecule has 1 aliphatic rings. The first-order valence-corrected chi connectivity index (χ1v) is 17.5. The van der Waals surface area contributed by atoms with Crippen LogP contribution >= 0.6 is 11.6 Å². The average Bonchev–Trinajstić information content (AvgIpc) is 3.57. The number of anilines is 1. The van der Waals surface area contributed by atoms with Crippen LogP contribution in [-0.4, -0.2) is 43.8 Å². The number of carbonyl (C=O) groups is 2. The van der Waals surface area contributed by atoms with Crippen LogP contribution in [-0.2, 0) is 32.6 Å². The molecular formula is C37H40ClN3O4S. The predicted molar refractivity (Wildman–Crippen MR) is 183 cm³/mol. The lowest BCUT2D eigenvalue weighted by atomic mass is 10.0. The van der Waals surface area contributed by atoms with Crippen molar-refractivity contribution in [3.63, 3.8) is 0 Å². The quantitative estimate of drug-likeness (QED) is 0.181. The Morgan fingerprint density at radius 3 is 2.11 bits per heavy atom. The number of carbonyl (C=O) groups excluding carboxylic acids is 2. The van der Waals surface area contributed by atoms with Gasteiger partial charge in [0.05, 0.1) is 10.6 Å². The van der Waals surface area contributed by atoms with Gasteiger partial charge in [-0.1, -0.05) is 109 Å². The van der Waals surface area contributed by atoms with E-state index in [4.69, 9.17) is 11.6 Å². The van der Waals surface area contributed by atoms with Crippen LogP contribution in [0.5, 0.6) is 0 Å². The third-order valence-corrected chi connectivity index (χ3v) is 10.7. The van der Waals surface area contributed by atoms with Crippen LogP contribution in [0.15, 0.2) is 108 Å². The molecule has 4 aromatic rings. The molecule has 2 amide bonds. The van der Waals surface area contributed by atoms with Gasteiger partial charge in [-0.25, -0.2) is 8.42 Å². The third kappa shape index (κ3) is 8.17. The molecule has 0 spiro atoms. The Morgan fingerprint density at radius 2 is 1.48 bits per heavy atom. The van der Waals surface area contributed by atoms with Crippen LogP contribution in [0.4, 0.5) is 5.69 Å². The first-order chi connectivity index (χ1) is 22.1. The highest BCUT2D eigenvalue weighted by atomic mass is 35.5. The normalized spacial score (nSPS) is 14.1. The van der Waals surface area contributed by atoms with Crippen molar-refractivity contribution in [2.75, 3.05) is 10.8 Å². The van der Waals surface area contributed by atoms with Gasteiger partial charge < -0.3 is 10.2 Å². The summed E-state index contributed by atoms with van der Waals surface area (Å²) in [6.45, 7) is 3.42. The summed E-state index contributed by atoms with van der Waals surface area (Å²) in [4.78, 5) is 30.3. The zero-order chi connectivity index (χ0) is 32.7. The van der Waals surface area contributed by atoms with E-state index >= 15 is 0 Å². The maximum atomic E-state index is 14.6. The van der Waals surface area contributed by atoms with Crippen molar-refractivity contribution in [3.8, 4) is 0 Å². The molecule has 1 N–H and O–H groups in total. The van der Waals surface area contributed by atoms with Crippen LogP contribution in [0.25, 0.3) is 0 Å². The van der Waals surface area contributed by atoms with Crippen LogP contribution in [0.2, 0.25) is 5.02 Å². The number of hydrogen-bond acceptors (Lipinski definition) is 4. The second kappa shape index (κ2) is 15.0. The van der Waals surface area contributed by atoms with Gasteiger partial charge in [-0.2, -0.15) is 0 Å². The molecule has 1 saturated carbocycles. The molecule has 0 unspecified atom stereocenters. The fourth-order valence-electron chi connectivity index (χ4n) is 5.80. The molecule has 46 heavy (non-hydrogen) atoms. The molecule has 0 aromatic heterocycles. The van der Waals surface area contributed by atoms with Gasteiger partial charge in [0.25, 0.3) is 10.0 Å². The van der Waals surface area contributed by atoms with Crippen molar-refractivity contribution < 1.29 is 18.0 Å². The van der Waals surface area contributed by atoms with E-state index in [1.54, 1.807) is 36.4 Å². The van der Waals surface area contributed by atoms with Gasteiger partial charge in [-0.05, 0) is 67.6 Å². The first-order valence-electron chi connectivity index (χ1n) is 15.6. The molecule has 0 saturated heterocycles. The molecule has 4 aromatic carbocycles. The minimum absolute atomic E-state index is 0.0457. The summed E-state index contributed by atoms with van der Waals surface area (Å²) >= 11 is 6.47. The number of nitrogens with zero attached hydrogens (tertiary/aromatic N) is 2. The van der Waals surface area contributed by atoms with Crippen molar-refractivity contribution in [2.24, 2.45) is 0 Å². The molecule has 0 radical (unpaired) electrons. The zero-order valence-corrected chi connectivity index (χ0v) is 27.8. The van der Waals surface area contributed by atoms with Gasteiger partial charge in [0, 0.05) is 24.0 Å². The molecular weight excluding hydrogens is 618 g/mol. The third-order valence-electron chi connectivity index (χ3n) is 8.50. The first kappa shape index (κ1) is 33.2. The maximum absolute atomic E-state index is 14.6. The molecule has 1 aliphatic carbocycles. The van der Waals surface area contributed by atoms with E-state index in [9.17, 15) is 18.0 Å². The fraction of sp³-hybridized carbons (Fsp3) is 0.297. The molecule has 0 bridgehead atoms. The van der Waals surface area contributed by atoms with Crippen molar-refractivity contribution in [1.29, 1.82) is 0 Å². The monoisotopic (exact) mass is 657 g/mol. The van der Waals surface area contributed by atoms with Gasteiger partial charge in [0.1, 0.15) is 12.6 Å². The smallest absolute Gasteiger partial charge is 0.264 e. The highest BCUT2D eigenvalue weighted by molar-refractivity contribution is 7.92. The Kier molecular flexibility index (Phi) is 10.8. The van der Waals surface area contributed by atoms with Gasteiger partial charge in [0.15, 0.2) is 0 Å². The van der Waals surface area contributed by atoms with Crippen LogP contribution in [0.3, 0.4) is 0 Å². The Hall–Kier alpha value is -4.14. The SMILES string of the molecule is Cc1ccc(CN(C(=O)CN(c2ccc(C)c(Cl)c2)S(=O)(=O)c2ccccc2)[C@H](Cc2ccccc2)C(=O)NC2CCCC2)cc1. The van der Waals surface area contributed by atoms with E-state index in [2.05, 4.69) is 5.32 Å². The number of sulfonamides is 1. The van der Waals surface area contributed by atoms with Gasteiger partial charge in [-0.3, -0.25) is 13.9 Å². The summed E-state index contributed by atoms with van der Waals surface area (Å²) < 4.78 is 29.4. The Morgan fingerprint density at radius 1 is 0.848 bits per heavy atom. The topological polar surface area (TPSA) is 86.8 Å². The summed E-state index contributed by atoms with van der Waals surface area (Å²) in [6.07, 6.45) is 4.16. The van der Waals surface area contributed by atoms with Crippen molar-refractivity contribution >= 4 is 39.1 Å². The van der Waals surface area contributed by atoms with E-state index in [0.29, 0.717) is 5.02 Å². The van der Waals surface area contributed by atoms with E-state index in [1.807, 2.05) is 68.4 Å². The largest absolute Gasteiger partial charge is 0.352 e. The highest BCUT2D eigenvalue weighted by Crippen LogP contribution is 2.29. The lowest BCUT2D eigenvalue weighted by molar-refractivity contribution is -0.140. The summed E-state index contributed by atoms with van der Waals surface area (Å²) in [5, 5.41) is 3.58. The predicted octanol–water partition coefficient (Wildman–Crippen LogP) is 6.85. The summed E-state index contributed by atoms with van der Waals surface area (Å²) in [7, 11) is -4.19. The van der Waals surface area contributed by atoms with E-state index in [0.717, 1.165) is 52.2 Å². The lowest BCUT2D eigenvalue weighted by Gasteiger charge is -2.34. The molecule has 0 aliphatic heterocycles. The Labute approximate surface area is 277 Å². The zero-order valence-electron chi connectivity index (χ0n) is 26.2. The van der Waals surface area contributed by atoms with Crippen LogP contribution in [0.1, 0.15) is 47.9 Å². The fourth-order valence-corrected chi connectivity index (χ4v) is 7.40. The van der Waals surface area contributed by atoms with Crippen molar-refractivity contribution in [2.45, 2.75) is 69.5 Å². The lowest BCUT2D eigenvalue weighted by Crippen LogP contribution is -2.54. The standard InChI is InChI=1S/C37H40ClN3O4S/c1-27-17-20-30(21-18-27)25-40(35(23-29-11-5-3-6-12-29)37(43)39-31-13-9-10-14-31)36(42)26-41(32-22-19-28(2)34(38)24-32)46(44,45)33-15-7-4-8-16-33/h3-8,11-12,15-22,24,31,35H,9-10,13-14,23,25-26H2,1-2H3,(H,39,43)/t35-/m1/s1. The van der Waals surface area contributed by atoms with Gasteiger partial charge in [0.2, 0.25) is 11.8 Å². The molecule has 0 heterocycles. The molecule has 7 nitrogen and oxygen atoms in total.